The zero-order valence-corrected chi connectivity index (χ0v) is 8.94. The Morgan fingerprint density at radius 3 is 2.60 bits per heavy atom. The number of aryl methyl sites for hydroxylation is 1. The molecule has 0 saturated carbocycles. The molecule has 0 atom stereocenters. The van der Waals surface area contributed by atoms with E-state index in [0.717, 1.165) is 11.3 Å². The van der Waals surface area contributed by atoms with Crippen molar-refractivity contribution in [3.63, 3.8) is 0 Å². The number of halogens is 1. The maximum absolute atomic E-state index is 9.11. The summed E-state index contributed by atoms with van der Waals surface area (Å²) in [6.45, 7) is -0.119. The largest absolute Gasteiger partial charge is 0.390 e. The smallest absolute Gasteiger partial charge is 0.116 e. The summed E-state index contributed by atoms with van der Waals surface area (Å²) in [5.41, 5.74) is 2.32. The first-order valence-electron chi connectivity index (χ1n) is 4.47. The Bertz CT molecular complexity index is 464. The van der Waals surface area contributed by atoms with Crippen molar-refractivity contribution in [2.24, 2.45) is 7.05 Å². The van der Waals surface area contributed by atoms with E-state index in [0.29, 0.717) is 10.7 Å². The van der Waals surface area contributed by atoms with Crippen LogP contribution < -0.4 is 0 Å². The number of aliphatic hydroxyl groups is 1. The van der Waals surface area contributed by atoms with Crippen molar-refractivity contribution < 1.29 is 5.11 Å². The number of aliphatic hydroxyl groups excluding tert-OH is 1. The van der Waals surface area contributed by atoms with Crippen LogP contribution in [-0.2, 0) is 13.7 Å². The van der Waals surface area contributed by atoms with Gasteiger partial charge in [0.05, 0.1) is 12.3 Å². The van der Waals surface area contributed by atoms with Crippen molar-refractivity contribution in [1.29, 1.82) is 0 Å². The van der Waals surface area contributed by atoms with Gasteiger partial charge < -0.3 is 5.11 Å². The predicted molar refractivity (Wildman–Crippen MR) is 57.4 cm³/mol. The van der Waals surface area contributed by atoms with Crippen LogP contribution in [0.1, 0.15) is 5.69 Å². The molecule has 0 saturated heterocycles. The van der Waals surface area contributed by atoms with E-state index in [2.05, 4.69) is 10.3 Å². The van der Waals surface area contributed by atoms with Crippen molar-refractivity contribution in [3.05, 3.63) is 35.0 Å². The highest BCUT2D eigenvalue weighted by Gasteiger charge is 2.11. The third kappa shape index (κ3) is 1.86. The molecule has 0 radical (unpaired) electrons. The van der Waals surface area contributed by atoms with Gasteiger partial charge in [-0.2, -0.15) is 0 Å². The van der Waals surface area contributed by atoms with Gasteiger partial charge in [0.15, 0.2) is 0 Å². The van der Waals surface area contributed by atoms with E-state index >= 15 is 0 Å². The average Bonchev–Trinajstić information content (AvgIpc) is 2.61. The van der Waals surface area contributed by atoms with Crippen LogP contribution in [0.2, 0.25) is 5.02 Å². The first kappa shape index (κ1) is 10.1. The first-order chi connectivity index (χ1) is 7.22. The maximum atomic E-state index is 9.11. The van der Waals surface area contributed by atoms with E-state index < -0.39 is 0 Å². The monoisotopic (exact) mass is 223 g/mol. The van der Waals surface area contributed by atoms with Crippen molar-refractivity contribution in [1.82, 2.24) is 15.0 Å². The molecule has 2 aromatic rings. The molecular formula is C10H10ClN3O. The normalized spacial score (nSPS) is 10.6. The molecule has 0 spiro atoms. The summed E-state index contributed by atoms with van der Waals surface area (Å²) in [5, 5.41) is 17.5. The van der Waals surface area contributed by atoms with Gasteiger partial charge in [-0.15, -0.1) is 5.10 Å². The van der Waals surface area contributed by atoms with Crippen molar-refractivity contribution in [2.75, 3.05) is 0 Å². The Morgan fingerprint density at radius 2 is 2.00 bits per heavy atom. The molecule has 1 aromatic heterocycles. The van der Waals surface area contributed by atoms with Gasteiger partial charge in [-0.1, -0.05) is 28.9 Å². The lowest BCUT2D eigenvalue weighted by Gasteiger charge is -2.02. The van der Waals surface area contributed by atoms with Crippen LogP contribution in [0.5, 0.6) is 0 Å². The summed E-state index contributed by atoms with van der Waals surface area (Å²) in [6.07, 6.45) is 0. The van der Waals surface area contributed by atoms with Crippen LogP contribution in [0, 0.1) is 0 Å². The Morgan fingerprint density at radius 1 is 1.33 bits per heavy atom. The fourth-order valence-corrected chi connectivity index (χ4v) is 1.59. The first-order valence-corrected chi connectivity index (χ1v) is 4.85. The van der Waals surface area contributed by atoms with E-state index in [1.54, 1.807) is 23.9 Å². The molecule has 15 heavy (non-hydrogen) atoms. The van der Waals surface area contributed by atoms with Gasteiger partial charge in [-0.3, -0.25) is 0 Å². The zero-order valence-electron chi connectivity index (χ0n) is 8.18. The Labute approximate surface area is 92.1 Å². The fourth-order valence-electron chi connectivity index (χ4n) is 1.47. The summed E-state index contributed by atoms with van der Waals surface area (Å²) < 4.78 is 1.63. The van der Waals surface area contributed by atoms with E-state index in [9.17, 15) is 0 Å². The fraction of sp³-hybridized carbons (Fsp3) is 0.200. The molecule has 0 aliphatic rings. The Kier molecular flexibility index (Phi) is 2.70. The van der Waals surface area contributed by atoms with Crippen LogP contribution in [0.15, 0.2) is 24.3 Å². The van der Waals surface area contributed by atoms with Crippen LogP contribution in [0.3, 0.4) is 0 Å². The number of hydrogen-bond acceptors (Lipinski definition) is 3. The van der Waals surface area contributed by atoms with Gasteiger partial charge in [-0.25, -0.2) is 4.68 Å². The standard InChI is InChI=1S/C10H10ClN3O/c1-14-10(9(6-15)12-13-14)7-2-4-8(11)5-3-7/h2-5,15H,6H2,1H3. The van der Waals surface area contributed by atoms with Crippen LogP contribution >= 0.6 is 11.6 Å². The summed E-state index contributed by atoms with van der Waals surface area (Å²) in [7, 11) is 1.79. The molecular weight excluding hydrogens is 214 g/mol. The number of rotatable bonds is 2. The predicted octanol–water partition coefficient (Wildman–Crippen LogP) is 1.63. The molecule has 5 heteroatoms. The van der Waals surface area contributed by atoms with Gasteiger partial charge in [0.1, 0.15) is 5.69 Å². The maximum Gasteiger partial charge on any atom is 0.116 e. The van der Waals surface area contributed by atoms with Crippen LogP contribution in [0.25, 0.3) is 11.3 Å². The summed E-state index contributed by atoms with van der Waals surface area (Å²) in [5.74, 6) is 0. The van der Waals surface area contributed by atoms with E-state index in [-0.39, 0.29) is 6.61 Å². The molecule has 0 aliphatic carbocycles. The lowest BCUT2D eigenvalue weighted by molar-refractivity contribution is 0.277. The van der Waals surface area contributed by atoms with E-state index in [4.69, 9.17) is 16.7 Å². The third-order valence-corrected chi connectivity index (χ3v) is 2.42. The van der Waals surface area contributed by atoms with Gasteiger partial charge in [0.2, 0.25) is 0 Å². The number of hydrogen-bond donors (Lipinski definition) is 1. The summed E-state index contributed by atoms with van der Waals surface area (Å²) in [6, 6.07) is 7.34. The highest BCUT2D eigenvalue weighted by molar-refractivity contribution is 6.30. The second-order valence-electron chi connectivity index (χ2n) is 3.17. The number of aromatic nitrogens is 3. The van der Waals surface area contributed by atoms with Gasteiger partial charge in [-0.05, 0) is 12.1 Å². The summed E-state index contributed by atoms with van der Waals surface area (Å²) >= 11 is 5.80. The quantitative estimate of drug-likeness (QED) is 0.842. The lowest BCUT2D eigenvalue weighted by Crippen LogP contribution is -1.95. The lowest BCUT2D eigenvalue weighted by atomic mass is 10.1. The molecule has 0 bridgehead atoms. The van der Waals surface area contributed by atoms with Gasteiger partial charge in [0, 0.05) is 17.6 Å². The molecule has 0 fully saturated rings. The molecule has 0 aliphatic heterocycles. The minimum Gasteiger partial charge on any atom is -0.390 e. The molecule has 2 rings (SSSR count). The second-order valence-corrected chi connectivity index (χ2v) is 3.61. The highest BCUT2D eigenvalue weighted by atomic mass is 35.5. The Hall–Kier alpha value is -1.39. The average molecular weight is 224 g/mol. The summed E-state index contributed by atoms with van der Waals surface area (Å²) in [4.78, 5) is 0. The molecule has 1 N–H and O–H groups in total. The zero-order chi connectivity index (χ0) is 10.8. The van der Waals surface area contributed by atoms with Crippen molar-refractivity contribution >= 4 is 11.6 Å². The molecule has 1 heterocycles. The molecule has 78 valence electrons. The molecule has 1 aromatic carbocycles. The van der Waals surface area contributed by atoms with E-state index in [1.807, 2.05) is 12.1 Å². The van der Waals surface area contributed by atoms with Gasteiger partial charge >= 0.3 is 0 Å². The minimum atomic E-state index is -0.119. The number of nitrogens with zero attached hydrogens (tertiary/aromatic N) is 3. The number of benzene rings is 1. The Balaban J connectivity index is 2.52. The minimum absolute atomic E-state index is 0.119. The molecule has 0 unspecified atom stereocenters. The highest BCUT2D eigenvalue weighted by Crippen LogP contribution is 2.23. The van der Waals surface area contributed by atoms with Crippen molar-refractivity contribution in [3.8, 4) is 11.3 Å². The van der Waals surface area contributed by atoms with Gasteiger partial charge in [0.25, 0.3) is 0 Å². The molecule has 4 nitrogen and oxygen atoms in total. The molecule has 0 amide bonds. The third-order valence-electron chi connectivity index (χ3n) is 2.16. The topological polar surface area (TPSA) is 50.9 Å². The van der Waals surface area contributed by atoms with E-state index in [1.165, 1.54) is 0 Å². The van der Waals surface area contributed by atoms with Crippen LogP contribution in [0.4, 0.5) is 0 Å². The van der Waals surface area contributed by atoms with Crippen LogP contribution in [-0.4, -0.2) is 20.1 Å². The SMILES string of the molecule is Cn1nnc(CO)c1-c1ccc(Cl)cc1. The second kappa shape index (κ2) is 4.00. The van der Waals surface area contributed by atoms with Crippen molar-refractivity contribution in [2.45, 2.75) is 6.61 Å².